The highest BCUT2D eigenvalue weighted by molar-refractivity contribution is 6.30. The van der Waals surface area contributed by atoms with E-state index in [1.54, 1.807) is 0 Å². The molecule has 1 heterocycles. The molecule has 0 radical (unpaired) electrons. The molecule has 2 rings (SSSR count). The molecule has 1 fully saturated rings. The molecule has 1 aromatic carbocycles. The van der Waals surface area contributed by atoms with E-state index in [1.165, 1.54) is 5.56 Å². The lowest BCUT2D eigenvalue weighted by molar-refractivity contribution is -0.127. The number of benzene rings is 1. The molecule has 2 nitrogen and oxygen atoms in total. The molecule has 0 N–H and O–H groups in total. The molecule has 0 aliphatic carbocycles. The fourth-order valence-corrected chi connectivity index (χ4v) is 2.55. The number of halogens is 2. The minimum atomic E-state index is 0.220. The standard InChI is InChI=1S/C13H15Cl2NO/c14-8-11-7-13(17)16(9-11)5-4-10-2-1-3-12(15)6-10/h1-3,6,11H,4-5,7-9H2. The zero-order valence-electron chi connectivity index (χ0n) is 9.53. The van der Waals surface area contributed by atoms with E-state index in [0.29, 0.717) is 18.2 Å². The molecule has 4 heteroatoms. The number of carbonyl (C=O) groups is 1. The van der Waals surface area contributed by atoms with Crippen LogP contribution in [0, 0.1) is 5.92 Å². The molecule has 1 amide bonds. The van der Waals surface area contributed by atoms with Crippen LogP contribution in [0.4, 0.5) is 0 Å². The average Bonchev–Trinajstić information content (AvgIpc) is 2.68. The Bertz CT molecular complexity index is 408. The molecule has 1 atom stereocenters. The van der Waals surface area contributed by atoms with E-state index < -0.39 is 0 Å². The molecule has 1 aliphatic heterocycles. The molecule has 1 aliphatic rings. The van der Waals surface area contributed by atoms with Gasteiger partial charge in [-0.15, -0.1) is 11.6 Å². The molecule has 0 bridgehead atoms. The summed E-state index contributed by atoms with van der Waals surface area (Å²) in [5, 5.41) is 0.744. The molecule has 1 aromatic rings. The van der Waals surface area contributed by atoms with E-state index in [1.807, 2.05) is 29.2 Å². The summed E-state index contributed by atoms with van der Waals surface area (Å²) in [5.41, 5.74) is 1.17. The predicted molar refractivity (Wildman–Crippen MR) is 70.6 cm³/mol. The highest BCUT2D eigenvalue weighted by atomic mass is 35.5. The first kappa shape index (κ1) is 12.7. The minimum absolute atomic E-state index is 0.220. The quantitative estimate of drug-likeness (QED) is 0.772. The van der Waals surface area contributed by atoms with Crippen molar-refractivity contribution >= 4 is 29.1 Å². The second kappa shape index (κ2) is 5.74. The van der Waals surface area contributed by atoms with Gasteiger partial charge in [0.2, 0.25) is 5.91 Å². The maximum atomic E-state index is 11.7. The summed E-state index contributed by atoms with van der Waals surface area (Å²) in [5.74, 6) is 1.11. The summed E-state index contributed by atoms with van der Waals surface area (Å²) in [6.07, 6.45) is 1.44. The number of hydrogen-bond acceptors (Lipinski definition) is 1. The predicted octanol–water partition coefficient (Wildman–Crippen LogP) is 2.97. The Hall–Kier alpha value is -0.730. The Labute approximate surface area is 112 Å². The number of rotatable bonds is 4. The first-order valence-corrected chi connectivity index (χ1v) is 6.68. The van der Waals surface area contributed by atoms with Crippen molar-refractivity contribution in [2.24, 2.45) is 5.92 Å². The topological polar surface area (TPSA) is 20.3 Å². The van der Waals surface area contributed by atoms with Gasteiger partial charge in [-0.1, -0.05) is 23.7 Å². The van der Waals surface area contributed by atoms with Gasteiger partial charge in [-0.05, 0) is 30.0 Å². The van der Waals surface area contributed by atoms with Crippen LogP contribution in [0.25, 0.3) is 0 Å². The van der Waals surface area contributed by atoms with Gasteiger partial charge in [0.15, 0.2) is 0 Å². The van der Waals surface area contributed by atoms with Crippen molar-refractivity contribution in [3.05, 3.63) is 34.9 Å². The van der Waals surface area contributed by atoms with Gasteiger partial charge < -0.3 is 4.90 Å². The van der Waals surface area contributed by atoms with E-state index in [9.17, 15) is 4.79 Å². The summed E-state index contributed by atoms with van der Waals surface area (Å²) in [6.45, 7) is 1.55. The lowest BCUT2D eigenvalue weighted by atomic mass is 10.1. The molecular weight excluding hydrogens is 257 g/mol. The van der Waals surface area contributed by atoms with E-state index in [-0.39, 0.29) is 5.91 Å². The van der Waals surface area contributed by atoms with Crippen molar-refractivity contribution in [2.45, 2.75) is 12.8 Å². The van der Waals surface area contributed by atoms with E-state index in [2.05, 4.69) is 0 Å². The maximum Gasteiger partial charge on any atom is 0.222 e. The monoisotopic (exact) mass is 271 g/mol. The van der Waals surface area contributed by atoms with Crippen molar-refractivity contribution in [1.29, 1.82) is 0 Å². The zero-order chi connectivity index (χ0) is 12.3. The van der Waals surface area contributed by atoms with Crippen molar-refractivity contribution in [1.82, 2.24) is 4.90 Å². The van der Waals surface area contributed by atoms with Crippen LogP contribution in [0.1, 0.15) is 12.0 Å². The first-order valence-electron chi connectivity index (χ1n) is 5.77. The number of nitrogens with zero attached hydrogens (tertiary/aromatic N) is 1. The fraction of sp³-hybridized carbons (Fsp3) is 0.462. The van der Waals surface area contributed by atoms with E-state index >= 15 is 0 Å². The van der Waals surface area contributed by atoms with Gasteiger partial charge in [0, 0.05) is 30.4 Å². The average molecular weight is 272 g/mol. The molecule has 0 spiro atoms. The molecule has 0 saturated carbocycles. The highest BCUT2D eigenvalue weighted by Crippen LogP contribution is 2.19. The lowest BCUT2D eigenvalue weighted by Gasteiger charge is -2.16. The van der Waals surface area contributed by atoms with Gasteiger partial charge in [0.25, 0.3) is 0 Å². The normalized spacial score (nSPS) is 20.0. The number of carbonyl (C=O) groups excluding carboxylic acids is 1. The van der Waals surface area contributed by atoms with Gasteiger partial charge in [0.1, 0.15) is 0 Å². The lowest BCUT2D eigenvalue weighted by Crippen LogP contribution is -2.27. The molecular formula is C13H15Cl2NO. The third kappa shape index (κ3) is 3.36. The Balaban J connectivity index is 1.88. The molecule has 92 valence electrons. The highest BCUT2D eigenvalue weighted by Gasteiger charge is 2.28. The third-order valence-electron chi connectivity index (χ3n) is 3.07. The minimum Gasteiger partial charge on any atom is -0.342 e. The number of hydrogen-bond donors (Lipinski definition) is 0. The largest absolute Gasteiger partial charge is 0.342 e. The van der Waals surface area contributed by atoms with Crippen molar-refractivity contribution in [2.75, 3.05) is 19.0 Å². The van der Waals surface area contributed by atoms with Crippen LogP contribution >= 0.6 is 23.2 Å². The molecule has 1 saturated heterocycles. The summed E-state index contributed by atoms with van der Waals surface area (Å²) >= 11 is 11.7. The molecule has 0 aromatic heterocycles. The van der Waals surface area contributed by atoms with Crippen LogP contribution in [-0.4, -0.2) is 29.8 Å². The summed E-state index contributed by atoms with van der Waals surface area (Å²) in [6, 6.07) is 7.77. The third-order valence-corrected chi connectivity index (χ3v) is 3.74. The van der Waals surface area contributed by atoms with Crippen LogP contribution in [0.5, 0.6) is 0 Å². The number of alkyl halides is 1. The van der Waals surface area contributed by atoms with Crippen LogP contribution in [-0.2, 0) is 11.2 Å². The second-order valence-electron chi connectivity index (χ2n) is 4.44. The Morgan fingerprint density at radius 3 is 2.88 bits per heavy atom. The van der Waals surface area contributed by atoms with Crippen molar-refractivity contribution < 1.29 is 4.79 Å². The van der Waals surface area contributed by atoms with Gasteiger partial charge in [-0.25, -0.2) is 0 Å². The van der Waals surface area contributed by atoms with Gasteiger partial charge in [-0.3, -0.25) is 4.79 Å². The number of amides is 1. The van der Waals surface area contributed by atoms with Gasteiger partial charge in [0.05, 0.1) is 0 Å². The fourth-order valence-electron chi connectivity index (χ4n) is 2.13. The maximum absolute atomic E-state index is 11.7. The van der Waals surface area contributed by atoms with Crippen LogP contribution in [0.15, 0.2) is 24.3 Å². The van der Waals surface area contributed by atoms with Crippen LogP contribution in [0.2, 0.25) is 5.02 Å². The molecule has 17 heavy (non-hydrogen) atoms. The van der Waals surface area contributed by atoms with Crippen LogP contribution < -0.4 is 0 Å². The Morgan fingerprint density at radius 1 is 1.41 bits per heavy atom. The Morgan fingerprint density at radius 2 is 2.24 bits per heavy atom. The van der Waals surface area contributed by atoms with Crippen molar-refractivity contribution in [3.63, 3.8) is 0 Å². The Kier molecular flexibility index (Phi) is 4.30. The second-order valence-corrected chi connectivity index (χ2v) is 5.19. The zero-order valence-corrected chi connectivity index (χ0v) is 11.0. The van der Waals surface area contributed by atoms with Crippen molar-refractivity contribution in [3.8, 4) is 0 Å². The summed E-state index contributed by atoms with van der Waals surface area (Å²) < 4.78 is 0. The number of likely N-dealkylation sites (tertiary alicyclic amines) is 1. The van der Waals surface area contributed by atoms with Gasteiger partial charge >= 0.3 is 0 Å². The van der Waals surface area contributed by atoms with E-state index in [0.717, 1.165) is 24.5 Å². The summed E-state index contributed by atoms with van der Waals surface area (Å²) in [4.78, 5) is 13.6. The first-order chi connectivity index (χ1) is 8.19. The van der Waals surface area contributed by atoms with Crippen LogP contribution in [0.3, 0.4) is 0 Å². The summed E-state index contributed by atoms with van der Waals surface area (Å²) in [7, 11) is 0. The van der Waals surface area contributed by atoms with Gasteiger partial charge in [-0.2, -0.15) is 0 Å². The smallest absolute Gasteiger partial charge is 0.222 e. The SMILES string of the molecule is O=C1CC(CCl)CN1CCc1cccc(Cl)c1. The van der Waals surface area contributed by atoms with E-state index in [4.69, 9.17) is 23.2 Å². The molecule has 1 unspecified atom stereocenters.